The fraction of sp³-hybridized carbons (Fsp3) is 0.100. The fourth-order valence-corrected chi connectivity index (χ4v) is 3.26. The third-order valence-electron chi connectivity index (χ3n) is 3.92. The molecule has 0 aliphatic rings. The van der Waals surface area contributed by atoms with E-state index in [2.05, 4.69) is 10.2 Å². The molecular weight excluding hydrogens is 364 g/mol. The van der Waals surface area contributed by atoms with Crippen molar-refractivity contribution in [3.63, 3.8) is 0 Å². The van der Waals surface area contributed by atoms with Crippen LogP contribution in [-0.2, 0) is 6.42 Å². The minimum atomic E-state index is -0.644. The van der Waals surface area contributed by atoms with Gasteiger partial charge in [-0.3, -0.25) is 4.79 Å². The summed E-state index contributed by atoms with van der Waals surface area (Å²) in [5.74, 6) is 0.138. The van der Waals surface area contributed by atoms with Crippen LogP contribution in [0.5, 0.6) is 0 Å². The summed E-state index contributed by atoms with van der Waals surface area (Å²) >= 11 is 1.10. The molecule has 134 valence electrons. The summed E-state index contributed by atoms with van der Waals surface area (Å²) in [7, 11) is 0. The van der Waals surface area contributed by atoms with Gasteiger partial charge in [0.05, 0.1) is 12.2 Å². The maximum absolute atomic E-state index is 12.4. The molecule has 0 atom stereocenters. The second-order valence-electron chi connectivity index (χ2n) is 5.82. The maximum atomic E-state index is 12.4. The zero-order valence-corrected chi connectivity index (χ0v) is 14.9. The second kappa shape index (κ2) is 7.59. The van der Waals surface area contributed by atoms with Crippen LogP contribution < -0.4 is 5.63 Å². The summed E-state index contributed by atoms with van der Waals surface area (Å²) in [6.07, 6.45) is 0.524. The molecule has 27 heavy (non-hydrogen) atoms. The number of carbonyl (C=O) groups excluding carboxylic acids is 1. The minimum absolute atomic E-state index is 0.00999. The van der Waals surface area contributed by atoms with Gasteiger partial charge in [-0.05, 0) is 17.7 Å². The fourth-order valence-electron chi connectivity index (χ4n) is 2.60. The van der Waals surface area contributed by atoms with Crippen molar-refractivity contribution in [1.29, 1.82) is 0 Å². The van der Waals surface area contributed by atoms with E-state index < -0.39 is 5.63 Å². The molecule has 0 aliphatic carbocycles. The normalized spacial score (nSPS) is 11.0. The number of benzene rings is 2. The van der Waals surface area contributed by atoms with E-state index in [1.165, 1.54) is 0 Å². The smallest absolute Gasteiger partial charge is 0.347 e. The Morgan fingerprint density at radius 2 is 1.74 bits per heavy atom. The van der Waals surface area contributed by atoms with Crippen molar-refractivity contribution >= 4 is 28.5 Å². The third-order valence-corrected chi connectivity index (χ3v) is 4.73. The predicted molar refractivity (Wildman–Crippen MR) is 101 cm³/mol. The molecule has 0 spiro atoms. The average Bonchev–Trinajstić information content (AvgIpc) is 3.13. The van der Waals surface area contributed by atoms with Crippen LogP contribution in [0.15, 0.2) is 79.5 Å². The highest BCUT2D eigenvalue weighted by Gasteiger charge is 2.16. The number of rotatable bonds is 6. The summed E-state index contributed by atoms with van der Waals surface area (Å²) < 4.78 is 10.8. The first-order valence-corrected chi connectivity index (χ1v) is 9.23. The highest BCUT2D eigenvalue weighted by atomic mass is 32.2. The SMILES string of the molecule is O=C(CSc1nnc(Cc2ccccc2)o1)c1cc2ccccc2oc1=O. The quantitative estimate of drug-likeness (QED) is 0.287. The van der Waals surface area contributed by atoms with E-state index in [1.807, 2.05) is 36.4 Å². The van der Waals surface area contributed by atoms with Gasteiger partial charge in [-0.25, -0.2) is 4.79 Å². The van der Waals surface area contributed by atoms with E-state index in [1.54, 1.807) is 24.3 Å². The first-order chi connectivity index (χ1) is 13.2. The van der Waals surface area contributed by atoms with Gasteiger partial charge >= 0.3 is 5.63 Å². The molecule has 0 saturated heterocycles. The van der Waals surface area contributed by atoms with Crippen molar-refractivity contribution in [3.8, 4) is 0 Å². The zero-order valence-electron chi connectivity index (χ0n) is 14.1. The summed E-state index contributed by atoms with van der Waals surface area (Å²) in [6.45, 7) is 0. The Labute approximate surface area is 158 Å². The molecule has 7 heteroatoms. The van der Waals surface area contributed by atoms with Crippen LogP contribution in [0.25, 0.3) is 11.0 Å². The average molecular weight is 378 g/mol. The highest BCUT2D eigenvalue weighted by Crippen LogP contribution is 2.20. The molecule has 0 fully saturated rings. The van der Waals surface area contributed by atoms with E-state index in [-0.39, 0.29) is 17.1 Å². The number of thioether (sulfide) groups is 1. The van der Waals surface area contributed by atoms with Gasteiger partial charge in [-0.2, -0.15) is 0 Å². The van der Waals surface area contributed by atoms with E-state index >= 15 is 0 Å². The molecule has 2 heterocycles. The lowest BCUT2D eigenvalue weighted by atomic mass is 10.1. The Morgan fingerprint density at radius 3 is 2.59 bits per heavy atom. The van der Waals surface area contributed by atoms with Gasteiger partial charge in [0.2, 0.25) is 5.89 Å². The van der Waals surface area contributed by atoms with Crippen molar-refractivity contribution in [2.24, 2.45) is 0 Å². The second-order valence-corrected chi connectivity index (χ2v) is 6.75. The predicted octanol–water partition coefficient (Wildman–Crippen LogP) is 3.74. The lowest BCUT2D eigenvalue weighted by Gasteiger charge is -2.00. The number of ketones is 1. The van der Waals surface area contributed by atoms with Crippen LogP contribution in [0.2, 0.25) is 0 Å². The van der Waals surface area contributed by atoms with Gasteiger partial charge < -0.3 is 8.83 Å². The van der Waals surface area contributed by atoms with Crippen LogP contribution in [0.3, 0.4) is 0 Å². The molecule has 2 aromatic carbocycles. The Kier molecular flexibility index (Phi) is 4.84. The van der Waals surface area contributed by atoms with Crippen LogP contribution in [0.4, 0.5) is 0 Å². The van der Waals surface area contributed by atoms with Crippen molar-refractivity contribution < 1.29 is 13.6 Å². The standard InChI is InChI=1S/C20H14N2O4S/c23-16(15-11-14-8-4-5-9-17(14)25-19(15)24)12-27-20-22-21-18(26-20)10-13-6-2-1-3-7-13/h1-9,11H,10,12H2. The number of fused-ring (bicyclic) bond motifs is 1. The molecule has 0 amide bonds. The lowest BCUT2D eigenvalue weighted by molar-refractivity contribution is 0.101. The summed E-state index contributed by atoms with van der Waals surface area (Å²) in [4.78, 5) is 24.5. The van der Waals surface area contributed by atoms with Gasteiger partial charge in [-0.15, -0.1) is 10.2 Å². The molecule has 0 aliphatic heterocycles. The molecular formula is C20H14N2O4S. The van der Waals surface area contributed by atoms with E-state index in [0.29, 0.717) is 28.5 Å². The van der Waals surface area contributed by atoms with Crippen LogP contribution >= 0.6 is 11.8 Å². The molecule has 6 nitrogen and oxygen atoms in total. The summed E-state index contributed by atoms with van der Waals surface area (Å²) in [6, 6.07) is 18.4. The van der Waals surface area contributed by atoms with Crippen molar-refractivity contribution in [1.82, 2.24) is 10.2 Å². The molecule has 0 radical (unpaired) electrons. The van der Waals surface area contributed by atoms with E-state index in [4.69, 9.17) is 8.83 Å². The molecule has 0 saturated carbocycles. The molecule has 0 N–H and O–H groups in total. The first kappa shape index (κ1) is 17.2. The van der Waals surface area contributed by atoms with Crippen molar-refractivity contribution in [2.75, 3.05) is 5.75 Å². The van der Waals surface area contributed by atoms with Gasteiger partial charge in [0, 0.05) is 5.39 Å². The van der Waals surface area contributed by atoms with Gasteiger partial charge in [-0.1, -0.05) is 60.3 Å². The van der Waals surface area contributed by atoms with Crippen LogP contribution in [-0.4, -0.2) is 21.7 Å². The highest BCUT2D eigenvalue weighted by molar-refractivity contribution is 7.99. The Balaban J connectivity index is 1.44. The van der Waals surface area contributed by atoms with Crippen molar-refractivity contribution in [3.05, 3.63) is 88.1 Å². The number of nitrogens with zero attached hydrogens (tertiary/aromatic N) is 2. The number of Topliss-reactive ketones (excluding diaryl/α,β-unsaturated/α-hetero) is 1. The van der Waals surface area contributed by atoms with E-state index in [9.17, 15) is 9.59 Å². The Bertz CT molecular complexity index is 1150. The molecule has 4 aromatic rings. The summed E-state index contributed by atoms with van der Waals surface area (Å²) in [5.41, 5.74) is 0.886. The van der Waals surface area contributed by atoms with Gasteiger partial charge in [0.25, 0.3) is 5.22 Å². The summed E-state index contributed by atoms with van der Waals surface area (Å²) in [5, 5.41) is 8.93. The van der Waals surface area contributed by atoms with Gasteiger partial charge in [0.15, 0.2) is 5.78 Å². The molecule has 0 bridgehead atoms. The Morgan fingerprint density at radius 1 is 0.963 bits per heavy atom. The lowest BCUT2D eigenvalue weighted by Crippen LogP contribution is -2.15. The number of para-hydroxylation sites is 1. The third kappa shape index (κ3) is 3.98. The number of hydrogen-bond acceptors (Lipinski definition) is 7. The largest absolute Gasteiger partial charge is 0.422 e. The maximum Gasteiger partial charge on any atom is 0.347 e. The molecule has 4 rings (SSSR count). The van der Waals surface area contributed by atoms with Crippen LogP contribution in [0.1, 0.15) is 21.8 Å². The number of carbonyl (C=O) groups is 1. The Hall–Kier alpha value is -3.19. The van der Waals surface area contributed by atoms with Crippen molar-refractivity contribution in [2.45, 2.75) is 11.6 Å². The number of aromatic nitrogens is 2. The van der Waals surface area contributed by atoms with Crippen LogP contribution in [0, 0.1) is 0 Å². The molecule has 0 unspecified atom stereocenters. The number of hydrogen-bond donors (Lipinski definition) is 0. The zero-order chi connectivity index (χ0) is 18.6. The monoisotopic (exact) mass is 378 g/mol. The van der Waals surface area contributed by atoms with E-state index in [0.717, 1.165) is 17.3 Å². The van der Waals surface area contributed by atoms with Gasteiger partial charge in [0.1, 0.15) is 11.1 Å². The first-order valence-electron chi connectivity index (χ1n) is 8.24. The topological polar surface area (TPSA) is 86.2 Å². The minimum Gasteiger partial charge on any atom is -0.422 e. The molecule has 2 aromatic heterocycles.